The number of fused-ring (bicyclic) bond motifs is 2. The Balaban J connectivity index is 1.81. The van der Waals surface area contributed by atoms with Crippen molar-refractivity contribution in [2.24, 2.45) is 5.92 Å². The zero-order valence-corrected chi connectivity index (χ0v) is 11.8. The first-order valence-electron chi connectivity index (χ1n) is 6.77. The van der Waals surface area contributed by atoms with Crippen LogP contribution in [0, 0.1) is 19.8 Å². The fourth-order valence-corrected chi connectivity index (χ4v) is 5.15. The highest BCUT2D eigenvalue weighted by atomic mass is 32.2. The number of Topliss-reactive ketones (excluding diaryl/α,β-unsaturated/α-hetero) is 1. The fraction of sp³-hybridized carbons (Fsp3) is 0.714. The van der Waals surface area contributed by atoms with E-state index in [2.05, 4.69) is 16.9 Å². The van der Waals surface area contributed by atoms with Gasteiger partial charge in [0, 0.05) is 16.4 Å². The number of carbonyl (C=O) groups is 1. The highest BCUT2D eigenvalue weighted by Crippen LogP contribution is 2.44. The molecule has 2 aliphatic rings. The molecule has 0 aliphatic carbocycles. The lowest BCUT2D eigenvalue weighted by molar-refractivity contribution is 0.0894. The van der Waals surface area contributed by atoms with Crippen molar-refractivity contribution in [2.45, 2.75) is 56.5 Å². The monoisotopic (exact) mass is 265 g/mol. The van der Waals surface area contributed by atoms with E-state index in [1.54, 1.807) is 0 Å². The van der Waals surface area contributed by atoms with Gasteiger partial charge in [-0.1, -0.05) is 11.6 Å². The van der Waals surface area contributed by atoms with Crippen LogP contribution in [0.1, 0.15) is 53.9 Å². The van der Waals surface area contributed by atoms with Gasteiger partial charge >= 0.3 is 0 Å². The van der Waals surface area contributed by atoms with Crippen LogP contribution < -0.4 is 0 Å². The van der Waals surface area contributed by atoms with Gasteiger partial charge in [0.1, 0.15) is 5.76 Å². The summed E-state index contributed by atoms with van der Waals surface area (Å²) < 4.78 is 5.13. The highest BCUT2D eigenvalue weighted by molar-refractivity contribution is 8.00. The second kappa shape index (κ2) is 4.72. The van der Waals surface area contributed by atoms with Gasteiger partial charge in [-0.05, 0) is 39.5 Å². The van der Waals surface area contributed by atoms with Crippen LogP contribution in [0.4, 0.5) is 0 Å². The number of aryl methyl sites for hydroxylation is 2. The van der Waals surface area contributed by atoms with E-state index in [1.807, 2.05) is 13.8 Å². The molecule has 4 heteroatoms. The standard InChI is InChI=1S/C14H19NO2S/c1-8-13(9(2)17-15-8)14(16)10-6-11-4-3-5-12(7-10)18-11/h10-12H,3-7H2,1-2H3. The minimum absolute atomic E-state index is 0.193. The molecule has 2 aliphatic heterocycles. The van der Waals surface area contributed by atoms with Gasteiger partial charge in [0.25, 0.3) is 0 Å². The quantitative estimate of drug-likeness (QED) is 0.767. The van der Waals surface area contributed by atoms with Gasteiger partial charge < -0.3 is 4.52 Å². The van der Waals surface area contributed by atoms with Crippen LogP contribution in [0.15, 0.2) is 4.52 Å². The Morgan fingerprint density at radius 2 is 1.94 bits per heavy atom. The van der Waals surface area contributed by atoms with Crippen molar-refractivity contribution < 1.29 is 9.32 Å². The van der Waals surface area contributed by atoms with Crippen LogP contribution in [0.5, 0.6) is 0 Å². The van der Waals surface area contributed by atoms with Gasteiger partial charge in [0.05, 0.1) is 11.3 Å². The minimum atomic E-state index is 0.193. The predicted octanol–water partition coefficient (Wildman–Crippen LogP) is 3.54. The summed E-state index contributed by atoms with van der Waals surface area (Å²) in [7, 11) is 0. The lowest BCUT2D eigenvalue weighted by Crippen LogP contribution is -2.33. The normalized spacial score (nSPS) is 31.3. The van der Waals surface area contributed by atoms with E-state index < -0.39 is 0 Å². The van der Waals surface area contributed by atoms with Gasteiger partial charge in [-0.3, -0.25) is 4.79 Å². The molecule has 3 nitrogen and oxygen atoms in total. The van der Waals surface area contributed by atoms with Crippen molar-refractivity contribution in [3.63, 3.8) is 0 Å². The Bertz CT molecular complexity index is 437. The molecular weight excluding hydrogens is 246 g/mol. The fourth-order valence-electron chi connectivity index (χ4n) is 3.31. The SMILES string of the molecule is Cc1noc(C)c1C(=O)C1CC2CCCC(C1)S2. The van der Waals surface area contributed by atoms with E-state index in [-0.39, 0.29) is 11.7 Å². The Hall–Kier alpha value is -0.770. The number of ketones is 1. The number of rotatable bonds is 2. The van der Waals surface area contributed by atoms with Crippen LogP contribution in [0.3, 0.4) is 0 Å². The first-order valence-corrected chi connectivity index (χ1v) is 7.72. The molecule has 0 amide bonds. The van der Waals surface area contributed by atoms with E-state index in [9.17, 15) is 4.79 Å². The van der Waals surface area contributed by atoms with E-state index in [0.29, 0.717) is 16.3 Å². The van der Waals surface area contributed by atoms with Crippen molar-refractivity contribution >= 4 is 17.5 Å². The average Bonchev–Trinajstić information content (AvgIpc) is 2.68. The van der Waals surface area contributed by atoms with Crippen molar-refractivity contribution in [1.29, 1.82) is 0 Å². The average molecular weight is 265 g/mol. The summed E-state index contributed by atoms with van der Waals surface area (Å²) in [5.41, 5.74) is 1.49. The molecule has 2 atom stereocenters. The molecule has 1 aromatic rings. The van der Waals surface area contributed by atoms with Crippen molar-refractivity contribution in [2.75, 3.05) is 0 Å². The lowest BCUT2D eigenvalue weighted by Gasteiger charge is -2.37. The van der Waals surface area contributed by atoms with Gasteiger partial charge in [-0.2, -0.15) is 11.8 Å². The molecule has 2 bridgehead atoms. The number of carbonyl (C=O) groups excluding carboxylic acids is 1. The molecule has 3 rings (SSSR count). The molecule has 2 unspecified atom stereocenters. The van der Waals surface area contributed by atoms with E-state index in [1.165, 1.54) is 19.3 Å². The number of aromatic nitrogens is 1. The Labute approximate surface area is 112 Å². The van der Waals surface area contributed by atoms with E-state index in [4.69, 9.17) is 4.52 Å². The van der Waals surface area contributed by atoms with E-state index >= 15 is 0 Å². The second-order valence-corrected chi connectivity index (χ2v) is 7.15. The summed E-state index contributed by atoms with van der Waals surface area (Å²) in [4.78, 5) is 12.6. The third kappa shape index (κ3) is 2.11. The molecule has 2 fully saturated rings. The van der Waals surface area contributed by atoms with Crippen LogP contribution in [-0.4, -0.2) is 21.4 Å². The molecule has 0 N–H and O–H groups in total. The predicted molar refractivity (Wildman–Crippen MR) is 72.0 cm³/mol. The first kappa shape index (κ1) is 12.3. The molecular formula is C14H19NO2S. The maximum absolute atomic E-state index is 12.6. The third-order valence-electron chi connectivity index (χ3n) is 4.18. The van der Waals surface area contributed by atoms with Crippen LogP contribution in [-0.2, 0) is 0 Å². The molecule has 98 valence electrons. The summed E-state index contributed by atoms with van der Waals surface area (Å²) in [6.45, 7) is 3.70. The number of thioether (sulfide) groups is 1. The topological polar surface area (TPSA) is 43.1 Å². The smallest absolute Gasteiger partial charge is 0.171 e. The molecule has 0 radical (unpaired) electrons. The van der Waals surface area contributed by atoms with E-state index in [0.717, 1.165) is 24.1 Å². The van der Waals surface area contributed by atoms with Gasteiger partial charge in [-0.15, -0.1) is 0 Å². The first-order chi connectivity index (χ1) is 8.65. The Morgan fingerprint density at radius 1 is 1.28 bits per heavy atom. The van der Waals surface area contributed by atoms with Gasteiger partial charge in [-0.25, -0.2) is 0 Å². The van der Waals surface area contributed by atoms with Gasteiger partial charge in [0.2, 0.25) is 0 Å². The number of hydrogen-bond acceptors (Lipinski definition) is 4. The lowest BCUT2D eigenvalue weighted by atomic mass is 9.84. The molecule has 0 aromatic carbocycles. The van der Waals surface area contributed by atoms with Crippen molar-refractivity contribution in [3.05, 3.63) is 17.0 Å². The Morgan fingerprint density at radius 3 is 2.50 bits per heavy atom. The number of hydrogen-bond donors (Lipinski definition) is 0. The largest absolute Gasteiger partial charge is 0.361 e. The molecule has 0 spiro atoms. The molecule has 1 aromatic heterocycles. The molecule has 18 heavy (non-hydrogen) atoms. The second-order valence-electron chi connectivity index (χ2n) is 5.54. The molecule has 2 saturated heterocycles. The summed E-state index contributed by atoms with van der Waals surface area (Å²) >= 11 is 2.11. The zero-order chi connectivity index (χ0) is 12.7. The molecule has 3 heterocycles. The van der Waals surface area contributed by atoms with Gasteiger partial charge in [0.15, 0.2) is 5.78 Å². The van der Waals surface area contributed by atoms with Crippen LogP contribution >= 0.6 is 11.8 Å². The van der Waals surface area contributed by atoms with Crippen LogP contribution in [0.25, 0.3) is 0 Å². The summed E-state index contributed by atoms with van der Waals surface area (Å²) in [5, 5.41) is 5.30. The summed E-state index contributed by atoms with van der Waals surface area (Å²) in [6.07, 6.45) is 6.00. The molecule has 0 saturated carbocycles. The maximum atomic E-state index is 12.6. The zero-order valence-electron chi connectivity index (χ0n) is 10.9. The third-order valence-corrected chi connectivity index (χ3v) is 5.81. The summed E-state index contributed by atoms with van der Waals surface area (Å²) in [5.74, 6) is 1.14. The Kier molecular flexibility index (Phi) is 3.22. The maximum Gasteiger partial charge on any atom is 0.171 e. The van der Waals surface area contributed by atoms with Crippen molar-refractivity contribution in [1.82, 2.24) is 5.16 Å². The number of nitrogens with zero attached hydrogens (tertiary/aromatic N) is 1. The minimum Gasteiger partial charge on any atom is -0.361 e. The van der Waals surface area contributed by atoms with Crippen LogP contribution in [0.2, 0.25) is 0 Å². The van der Waals surface area contributed by atoms with Crippen molar-refractivity contribution in [3.8, 4) is 0 Å². The summed E-state index contributed by atoms with van der Waals surface area (Å²) in [6, 6.07) is 0. The highest BCUT2D eigenvalue weighted by Gasteiger charge is 2.37.